The lowest BCUT2D eigenvalue weighted by molar-refractivity contribution is -0.144. The van der Waals surface area contributed by atoms with E-state index in [9.17, 15) is 39.9 Å². The molecule has 11 nitrogen and oxygen atoms in total. The average Bonchev–Trinajstić information content (AvgIpc) is 2.85. The summed E-state index contributed by atoms with van der Waals surface area (Å²) in [5.41, 5.74) is -0.247. The molecule has 1 aliphatic rings. The van der Waals surface area contributed by atoms with Crippen LogP contribution in [0.2, 0.25) is 0 Å². The van der Waals surface area contributed by atoms with Crippen LogP contribution in [0.4, 0.5) is 0 Å². The predicted molar refractivity (Wildman–Crippen MR) is 152 cm³/mol. The predicted octanol–water partition coefficient (Wildman–Crippen LogP) is 0.926. The first-order valence-electron chi connectivity index (χ1n) is 14.4. The van der Waals surface area contributed by atoms with Crippen LogP contribution < -0.4 is 5.32 Å². The molecule has 1 rings (SSSR count). The van der Waals surface area contributed by atoms with E-state index < -0.39 is 65.6 Å². The van der Waals surface area contributed by atoms with Gasteiger partial charge in [0.1, 0.15) is 12.7 Å². The van der Waals surface area contributed by atoms with E-state index in [1.165, 1.54) is 6.92 Å². The molecule has 0 aliphatic heterocycles. The summed E-state index contributed by atoms with van der Waals surface area (Å²) in [7, 11) is 0. The van der Waals surface area contributed by atoms with Crippen molar-refractivity contribution in [2.75, 3.05) is 13.2 Å². The molecule has 11 heteroatoms. The number of carbonyl (C=O) groups is 3. The lowest BCUT2D eigenvalue weighted by Gasteiger charge is -2.39. The van der Waals surface area contributed by atoms with E-state index in [1.54, 1.807) is 46.8 Å². The molecule has 236 valence electrons. The van der Waals surface area contributed by atoms with Gasteiger partial charge in [-0.15, -0.1) is 0 Å². The largest absolute Gasteiger partial charge is 0.461 e. The van der Waals surface area contributed by atoms with Gasteiger partial charge in [0.25, 0.3) is 0 Å². The number of aliphatic hydroxyl groups is 6. The Balaban J connectivity index is 2.87. The highest BCUT2D eigenvalue weighted by molar-refractivity contribution is 5.91. The van der Waals surface area contributed by atoms with E-state index in [0.717, 1.165) is 0 Å². The summed E-state index contributed by atoms with van der Waals surface area (Å²) in [5, 5.41) is 63.4. The van der Waals surface area contributed by atoms with Gasteiger partial charge in [0, 0.05) is 31.4 Å². The number of rotatable bonds is 19. The average molecular weight is 586 g/mol. The summed E-state index contributed by atoms with van der Waals surface area (Å²) < 4.78 is 5.43. The molecule has 1 amide bonds. The zero-order valence-corrected chi connectivity index (χ0v) is 25.2. The maximum atomic E-state index is 12.9. The number of ether oxygens (including phenoxy) is 1. The second-order valence-corrected chi connectivity index (χ2v) is 11.6. The minimum atomic E-state index is -1.45. The molecule has 0 aromatic rings. The first kappa shape index (κ1) is 36.9. The van der Waals surface area contributed by atoms with Crippen molar-refractivity contribution in [3.05, 3.63) is 23.3 Å². The lowest BCUT2D eigenvalue weighted by Crippen LogP contribution is -2.48. The Morgan fingerprint density at radius 2 is 1.56 bits per heavy atom. The molecular formula is C30H51NO10. The molecule has 0 fully saturated rings. The van der Waals surface area contributed by atoms with E-state index in [4.69, 9.17) is 9.84 Å². The molecular weight excluding hydrogens is 534 g/mol. The number of Topliss-reactive ketones (excluding diaryl/α,β-unsaturated/α-hetero) is 1. The topological polar surface area (TPSA) is 194 Å². The van der Waals surface area contributed by atoms with E-state index in [-0.39, 0.29) is 44.8 Å². The SMILES string of the molecule is CC/C(=C(/C)COC(=O)C[C@@H](NC(C)=O)C1C=CC1C(O)CC(O)CC(O)CCO)[C@@H](O)C(=O)C(C)(C)[C@@H](O)CC. The summed E-state index contributed by atoms with van der Waals surface area (Å²) >= 11 is 0. The zero-order valence-electron chi connectivity index (χ0n) is 25.2. The number of amides is 1. The normalized spacial score (nSPS) is 22.0. The first-order chi connectivity index (χ1) is 19.1. The molecule has 0 spiro atoms. The third-order valence-electron chi connectivity index (χ3n) is 8.02. The molecule has 5 unspecified atom stereocenters. The van der Waals surface area contributed by atoms with Crippen LogP contribution in [-0.4, -0.2) is 98.1 Å². The zero-order chi connectivity index (χ0) is 31.5. The third kappa shape index (κ3) is 10.9. The van der Waals surface area contributed by atoms with Crippen LogP contribution >= 0.6 is 0 Å². The van der Waals surface area contributed by atoms with Gasteiger partial charge in [-0.3, -0.25) is 14.4 Å². The van der Waals surface area contributed by atoms with Crippen molar-refractivity contribution in [3.63, 3.8) is 0 Å². The van der Waals surface area contributed by atoms with Gasteiger partial charge in [-0.05, 0) is 50.2 Å². The maximum absolute atomic E-state index is 12.9. The molecule has 41 heavy (non-hydrogen) atoms. The highest BCUT2D eigenvalue weighted by atomic mass is 16.5. The number of nitrogens with one attached hydrogen (secondary N) is 1. The van der Waals surface area contributed by atoms with Gasteiger partial charge in [-0.25, -0.2) is 0 Å². The first-order valence-corrected chi connectivity index (χ1v) is 14.4. The molecule has 0 heterocycles. The summed E-state index contributed by atoms with van der Waals surface area (Å²) in [6.45, 7) is 9.26. The summed E-state index contributed by atoms with van der Waals surface area (Å²) in [6.07, 6.45) is -1.15. The maximum Gasteiger partial charge on any atom is 0.308 e. The second-order valence-electron chi connectivity index (χ2n) is 11.6. The minimum Gasteiger partial charge on any atom is -0.461 e. The van der Waals surface area contributed by atoms with Crippen LogP contribution in [0, 0.1) is 17.3 Å². The van der Waals surface area contributed by atoms with Crippen LogP contribution in [0.25, 0.3) is 0 Å². The molecule has 1 aliphatic carbocycles. The number of esters is 1. The number of hydrogen-bond acceptors (Lipinski definition) is 10. The number of carbonyl (C=O) groups excluding carboxylic acids is 3. The molecule has 0 bridgehead atoms. The van der Waals surface area contributed by atoms with Crippen LogP contribution in [0.1, 0.15) is 80.1 Å². The quantitative estimate of drug-likeness (QED) is 0.0847. The Morgan fingerprint density at radius 1 is 0.951 bits per heavy atom. The Hall–Kier alpha value is -2.15. The highest BCUT2D eigenvalue weighted by Crippen LogP contribution is 2.35. The van der Waals surface area contributed by atoms with Crippen molar-refractivity contribution in [1.82, 2.24) is 5.32 Å². The minimum absolute atomic E-state index is 0.00373. The molecule has 0 saturated heterocycles. The van der Waals surface area contributed by atoms with Crippen molar-refractivity contribution in [2.45, 2.75) is 117 Å². The number of aliphatic hydroxyl groups excluding tert-OH is 6. The van der Waals surface area contributed by atoms with Gasteiger partial charge in [-0.2, -0.15) is 0 Å². The third-order valence-corrected chi connectivity index (χ3v) is 8.02. The van der Waals surface area contributed by atoms with E-state index in [2.05, 4.69) is 5.32 Å². The van der Waals surface area contributed by atoms with Crippen molar-refractivity contribution in [2.24, 2.45) is 17.3 Å². The second kappa shape index (κ2) is 17.1. The molecule has 8 atom stereocenters. The van der Waals surface area contributed by atoms with Gasteiger partial charge >= 0.3 is 5.97 Å². The van der Waals surface area contributed by atoms with Gasteiger partial charge in [0.05, 0.1) is 36.3 Å². The Morgan fingerprint density at radius 3 is 2.05 bits per heavy atom. The van der Waals surface area contributed by atoms with Crippen LogP contribution in [0.5, 0.6) is 0 Å². The standard InChI is InChI=1S/C30H51NO10/c1-7-21(28(39)29(40)30(5,6)26(37)8-2)17(3)16-41-27(38)15-24(31-18(4)33)22-9-10-23(22)25(36)14-20(35)13-19(34)11-12-32/h9-10,19-20,22-26,28,32,34-37,39H,7-8,11-16H2,1-6H3,(H,31,33)/b21-17+/t19?,20?,22?,23?,24-,25?,26+,28-/m1/s1. The van der Waals surface area contributed by atoms with Crippen molar-refractivity contribution in [1.29, 1.82) is 0 Å². The molecule has 7 N–H and O–H groups in total. The molecule has 0 saturated carbocycles. The summed E-state index contributed by atoms with van der Waals surface area (Å²) in [5.74, 6) is -2.35. The number of ketones is 1. The van der Waals surface area contributed by atoms with Gasteiger partial charge in [-0.1, -0.05) is 39.8 Å². The highest BCUT2D eigenvalue weighted by Gasteiger charge is 2.40. The van der Waals surface area contributed by atoms with E-state index >= 15 is 0 Å². The Labute approximate surface area is 243 Å². The van der Waals surface area contributed by atoms with E-state index in [1.807, 2.05) is 0 Å². The smallest absolute Gasteiger partial charge is 0.308 e. The summed E-state index contributed by atoms with van der Waals surface area (Å²) in [4.78, 5) is 37.6. The molecule has 0 aromatic heterocycles. The van der Waals surface area contributed by atoms with E-state index in [0.29, 0.717) is 24.0 Å². The van der Waals surface area contributed by atoms with Gasteiger partial charge in [0.2, 0.25) is 5.91 Å². The fourth-order valence-electron chi connectivity index (χ4n) is 5.25. The Bertz CT molecular complexity index is 930. The molecule has 0 aromatic carbocycles. The fourth-order valence-corrected chi connectivity index (χ4v) is 5.25. The monoisotopic (exact) mass is 585 g/mol. The number of hydrogen-bond donors (Lipinski definition) is 7. The van der Waals surface area contributed by atoms with Crippen LogP contribution in [0.15, 0.2) is 23.3 Å². The van der Waals surface area contributed by atoms with Crippen molar-refractivity contribution < 1.29 is 49.8 Å². The van der Waals surface area contributed by atoms with Gasteiger partial charge in [0.15, 0.2) is 5.78 Å². The fraction of sp³-hybridized carbons (Fsp3) is 0.767. The Kier molecular flexibility index (Phi) is 15.4. The van der Waals surface area contributed by atoms with Crippen LogP contribution in [-0.2, 0) is 19.1 Å². The van der Waals surface area contributed by atoms with Crippen molar-refractivity contribution >= 4 is 17.7 Å². The molecule has 0 radical (unpaired) electrons. The lowest BCUT2D eigenvalue weighted by atomic mass is 9.72. The van der Waals surface area contributed by atoms with Crippen molar-refractivity contribution in [3.8, 4) is 0 Å². The van der Waals surface area contributed by atoms with Crippen LogP contribution in [0.3, 0.4) is 0 Å². The summed E-state index contributed by atoms with van der Waals surface area (Å²) in [6, 6.07) is -0.680. The van der Waals surface area contributed by atoms with Gasteiger partial charge < -0.3 is 40.7 Å².